The topological polar surface area (TPSA) is 117 Å². The number of sulfonamides is 1. The second-order valence-corrected chi connectivity index (χ2v) is 5.08. The van der Waals surface area contributed by atoms with Crippen LogP contribution in [0.3, 0.4) is 0 Å². The third-order valence-corrected chi connectivity index (χ3v) is 3.44. The van der Waals surface area contributed by atoms with Crippen LogP contribution in [0.1, 0.15) is 6.42 Å². The number of aliphatic hydroxyl groups excluding tert-OH is 1. The van der Waals surface area contributed by atoms with Crippen molar-refractivity contribution in [2.75, 3.05) is 6.61 Å². The van der Waals surface area contributed by atoms with Crippen LogP contribution in [-0.2, 0) is 14.8 Å². The largest absolute Gasteiger partial charge is 0.480 e. The van der Waals surface area contributed by atoms with Crippen molar-refractivity contribution in [2.24, 2.45) is 0 Å². The van der Waals surface area contributed by atoms with Gasteiger partial charge in [0.25, 0.3) is 0 Å². The van der Waals surface area contributed by atoms with Crippen molar-refractivity contribution in [3.05, 3.63) is 24.3 Å². The fraction of sp³-hybridized carbons (Fsp3) is 0.333. The molecule has 1 rings (SSSR count). The Labute approximate surface area is 102 Å². The van der Waals surface area contributed by atoms with Crippen LogP contribution in [0.2, 0.25) is 0 Å². The Morgan fingerprint density at radius 2 is 2.17 bits per heavy atom. The van der Waals surface area contributed by atoms with Crippen molar-refractivity contribution in [1.82, 2.24) is 9.71 Å². The van der Waals surface area contributed by atoms with Gasteiger partial charge >= 0.3 is 5.97 Å². The van der Waals surface area contributed by atoms with Crippen LogP contribution >= 0.6 is 0 Å². The predicted octanol–water partition coefficient (Wildman–Crippen LogP) is -0.665. The highest BCUT2D eigenvalue weighted by Crippen LogP contribution is 2.10. The number of hydrogen-bond donors (Lipinski definition) is 3. The van der Waals surface area contributed by atoms with Crippen LogP contribution in [0.4, 0.5) is 4.39 Å². The van der Waals surface area contributed by atoms with E-state index >= 15 is 0 Å². The monoisotopic (exact) mass is 278 g/mol. The number of carboxylic acid groups (broad SMARTS) is 1. The van der Waals surface area contributed by atoms with Crippen molar-refractivity contribution >= 4 is 16.0 Å². The van der Waals surface area contributed by atoms with Crippen LogP contribution < -0.4 is 4.72 Å². The Morgan fingerprint density at radius 1 is 1.50 bits per heavy atom. The first-order valence-electron chi connectivity index (χ1n) is 4.83. The summed E-state index contributed by atoms with van der Waals surface area (Å²) in [5.74, 6) is -2.29. The Morgan fingerprint density at radius 3 is 2.67 bits per heavy atom. The van der Waals surface area contributed by atoms with E-state index in [0.717, 1.165) is 12.4 Å². The van der Waals surface area contributed by atoms with Crippen LogP contribution in [0.5, 0.6) is 0 Å². The molecule has 100 valence electrons. The molecule has 0 unspecified atom stereocenters. The van der Waals surface area contributed by atoms with E-state index in [2.05, 4.69) is 4.98 Å². The Kier molecular flexibility index (Phi) is 4.70. The van der Waals surface area contributed by atoms with E-state index in [1.54, 1.807) is 0 Å². The molecule has 7 nitrogen and oxygen atoms in total. The number of pyridine rings is 1. The smallest absolute Gasteiger partial charge is 0.321 e. The number of hydrogen-bond acceptors (Lipinski definition) is 5. The van der Waals surface area contributed by atoms with Gasteiger partial charge in [-0.3, -0.25) is 9.78 Å². The second-order valence-electron chi connectivity index (χ2n) is 3.36. The number of rotatable bonds is 6. The molecule has 0 aliphatic carbocycles. The summed E-state index contributed by atoms with van der Waals surface area (Å²) in [6.07, 6.45) is 1.42. The maximum Gasteiger partial charge on any atom is 0.321 e. The molecule has 0 saturated heterocycles. The maximum atomic E-state index is 12.8. The van der Waals surface area contributed by atoms with Gasteiger partial charge in [0, 0.05) is 12.8 Å². The molecular formula is C9H11FN2O5S. The zero-order chi connectivity index (χ0) is 13.8. The summed E-state index contributed by atoms with van der Waals surface area (Å²) in [5.41, 5.74) is 0. The first kappa shape index (κ1) is 14.5. The van der Waals surface area contributed by atoms with E-state index in [1.165, 1.54) is 0 Å². The van der Waals surface area contributed by atoms with Crippen LogP contribution in [0, 0.1) is 5.82 Å². The Balaban J connectivity index is 2.97. The molecule has 1 atom stereocenters. The van der Waals surface area contributed by atoms with Gasteiger partial charge in [-0.2, -0.15) is 4.72 Å². The van der Waals surface area contributed by atoms with Gasteiger partial charge in [-0.15, -0.1) is 0 Å². The van der Waals surface area contributed by atoms with Gasteiger partial charge < -0.3 is 10.2 Å². The highest BCUT2D eigenvalue weighted by Gasteiger charge is 2.25. The van der Waals surface area contributed by atoms with Gasteiger partial charge in [0.05, 0.1) is 6.20 Å². The van der Waals surface area contributed by atoms with Crippen molar-refractivity contribution < 1.29 is 27.8 Å². The molecule has 0 bridgehead atoms. The first-order chi connectivity index (χ1) is 8.36. The molecule has 1 aromatic heterocycles. The summed E-state index contributed by atoms with van der Waals surface area (Å²) >= 11 is 0. The molecule has 1 aromatic rings. The molecule has 0 saturated carbocycles. The molecule has 18 heavy (non-hydrogen) atoms. The minimum Gasteiger partial charge on any atom is -0.480 e. The van der Waals surface area contributed by atoms with Gasteiger partial charge in [0.15, 0.2) is 0 Å². The zero-order valence-electron chi connectivity index (χ0n) is 9.08. The third kappa shape index (κ3) is 3.72. The third-order valence-electron chi connectivity index (χ3n) is 2.00. The summed E-state index contributed by atoms with van der Waals surface area (Å²) in [6.45, 7) is -0.499. The van der Waals surface area contributed by atoms with E-state index in [1.807, 2.05) is 4.72 Å². The van der Waals surface area contributed by atoms with Gasteiger partial charge in [0.1, 0.15) is 16.8 Å². The molecule has 0 aromatic carbocycles. The normalized spacial score (nSPS) is 13.2. The molecule has 0 spiro atoms. The summed E-state index contributed by atoms with van der Waals surface area (Å²) in [6, 6.07) is -0.768. The van der Waals surface area contributed by atoms with Gasteiger partial charge in [-0.05, 0) is 12.5 Å². The van der Waals surface area contributed by atoms with Gasteiger partial charge in [0.2, 0.25) is 10.0 Å². The molecular weight excluding hydrogens is 267 g/mol. The number of carbonyl (C=O) groups is 1. The molecule has 0 amide bonds. The number of nitrogens with zero attached hydrogens (tertiary/aromatic N) is 1. The number of nitrogens with one attached hydrogen (secondary N) is 1. The van der Waals surface area contributed by atoms with Crippen LogP contribution in [0.15, 0.2) is 23.4 Å². The summed E-state index contributed by atoms with van der Waals surface area (Å²) in [7, 11) is -4.19. The van der Waals surface area contributed by atoms with E-state index < -0.39 is 39.4 Å². The van der Waals surface area contributed by atoms with Crippen LogP contribution in [0.25, 0.3) is 0 Å². The lowest BCUT2D eigenvalue weighted by atomic mass is 10.2. The number of aromatic nitrogens is 1. The van der Waals surface area contributed by atoms with Crippen molar-refractivity contribution in [3.63, 3.8) is 0 Å². The van der Waals surface area contributed by atoms with Crippen molar-refractivity contribution in [3.8, 4) is 0 Å². The molecule has 0 radical (unpaired) electrons. The molecule has 0 fully saturated rings. The van der Waals surface area contributed by atoms with E-state index in [9.17, 15) is 17.6 Å². The fourth-order valence-electron chi connectivity index (χ4n) is 1.16. The SMILES string of the molecule is O=C(O)[C@@H](CCO)NS(=O)(=O)c1cncc(F)c1. The van der Waals surface area contributed by atoms with E-state index in [-0.39, 0.29) is 6.42 Å². The Bertz CT molecular complexity index is 534. The van der Waals surface area contributed by atoms with Gasteiger partial charge in [-0.25, -0.2) is 12.8 Å². The molecule has 1 heterocycles. The summed E-state index contributed by atoms with van der Waals surface area (Å²) in [4.78, 5) is 13.6. The zero-order valence-corrected chi connectivity index (χ0v) is 9.89. The molecule has 9 heteroatoms. The molecule has 3 N–H and O–H groups in total. The lowest BCUT2D eigenvalue weighted by Gasteiger charge is -2.13. The summed E-state index contributed by atoms with van der Waals surface area (Å²) in [5, 5.41) is 17.4. The summed E-state index contributed by atoms with van der Waals surface area (Å²) < 4.78 is 38.1. The van der Waals surface area contributed by atoms with E-state index in [0.29, 0.717) is 6.07 Å². The number of aliphatic hydroxyl groups is 1. The standard InChI is InChI=1S/C9H11FN2O5S/c10-6-3-7(5-11-4-6)18(16,17)12-8(1-2-13)9(14)15/h3-5,8,12-13H,1-2H2,(H,14,15)/t8-/m1/s1. The lowest BCUT2D eigenvalue weighted by Crippen LogP contribution is -2.41. The number of aliphatic carboxylic acids is 1. The van der Waals surface area contributed by atoms with E-state index in [4.69, 9.17) is 10.2 Å². The van der Waals surface area contributed by atoms with Crippen molar-refractivity contribution in [1.29, 1.82) is 0 Å². The average molecular weight is 278 g/mol. The second kappa shape index (κ2) is 5.85. The highest BCUT2D eigenvalue weighted by atomic mass is 32.2. The fourth-order valence-corrected chi connectivity index (χ4v) is 2.35. The minimum absolute atomic E-state index is 0.294. The highest BCUT2D eigenvalue weighted by molar-refractivity contribution is 7.89. The number of carboxylic acids is 1. The average Bonchev–Trinajstić information content (AvgIpc) is 2.28. The first-order valence-corrected chi connectivity index (χ1v) is 6.31. The van der Waals surface area contributed by atoms with Crippen LogP contribution in [-0.4, -0.2) is 42.2 Å². The molecule has 0 aliphatic heterocycles. The lowest BCUT2D eigenvalue weighted by molar-refractivity contribution is -0.139. The molecule has 0 aliphatic rings. The predicted molar refractivity (Wildman–Crippen MR) is 57.6 cm³/mol. The minimum atomic E-state index is -4.19. The quantitative estimate of drug-likeness (QED) is 0.635. The maximum absolute atomic E-state index is 12.8. The van der Waals surface area contributed by atoms with Gasteiger partial charge in [-0.1, -0.05) is 0 Å². The van der Waals surface area contributed by atoms with Crippen molar-refractivity contribution in [2.45, 2.75) is 17.4 Å². The Hall–Kier alpha value is -1.58. The number of halogens is 1.